The molecule has 2 aromatic carbocycles. The number of hydrogen-bond acceptors (Lipinski definition) is 6. The molecule has 162 valence electrons. The molecule has 2 N–H and O–H groups in total. The predicted octanol–water partition coefficient (Wildman–Crippen LogP) is 3.05. The average Bonchev–Trinajstić information content (AvgIpc) is 2.97. The van der Waals surface area contributed by atoms with Gasteiger partial charge >= 0.3 is 0 Å². The first kappa shape index (κ1) is 20.1. The van der Waals surface area contributed by atoms with Crippen molar-refractivity contribution in [2.45, 2.75) is 30.9 Å². The Labute approximate surface area is 184 Å². The molecule has 2 aliphatic heterocycles. The average molecular weight is 431 g/mol. The van der Waals surface area contributed by atoms with Crippen LogP contribution in [0, 0.1) is 5.82 Å². The van der Waals surface area contributed by atoms with Crippen LogP contribution in [0.15, 0.2) is 66.2 Å². The zero-order valence-electron chi connectivity index (χ0n) is 17.7. The normalized spacial score (nSPS) is 24.3. The highest BCUT2D eigenvalue weighted by atomic mass is 19.1. The molecule has 1 spiro atoms. The highest BCUT2D eigenvalue weighted by Gasteiger charge is 2.56. The van der Waals surface area contributed by atoms with E-state index in [1.807, 2.05) is 31.2 Å². The fourth-order valence-electron chi connectivity index (χ4n) is 4.68. The first-order chi connectivity index (χ1) is 15.3. The van der Waals surface area contributed by atoms with Gasteiger partial charge in [0.25, 0.3) is 5.91 Å². The fourth-order valence-corrected chi connectivity index (χ4v) is 4.68. The Balaban J connectivity index is 1.64. The topological polar surface area (TPSA) is 93.7 Å². The predicted molar refractivity (Wildman–Crippen MR) is 117 cm³/mol. The molecular formula is C24H22FN5O2. The number of nitrogens with zero attached hydrogens (tertiary/aromatic N) is 4. The largest absolute Gasteiger partial charge is 0.487 e. The molecule has 0 saturated carbocycles. The van der Waals surface area contributed by atoms with Crippen LogP contribution in [0.1, 0.15) is 24.5 Å². The van der Waals surface area contributed by atoms with Crippen molar-refractivity contribution in [3.05, 3.63) is 78.1 Å². The second kappa shape index (κ2) is 7.12. The number of fused-ring (bicyclic) bond motifs is 2. The molecule has 0 unspecified atom stereocenters. The Morgan fingerprint density at radius 2 is 1.94 bits per heavy atom. The molecule has 32 heavy (non-hydrogen) atoms. The molecular weight excluding hydrogens is 409 g/mol. The van der Waals surface area contributed by atoms with Crippen LogP contribution in [0.5, 0.6) is 5.75 Å². The van der Waals surface area contributed by atoms with Crippen LogP contribution in [0.2, 0.25) is 0 Å². The van der Waals surface area contributed by atoms with Gasteiger partial charge in [0.05, 0.1) is 0 Å². The number of likely N-dealkylation sites (N-methyl/N-ethyl adjacent to an activating group) is 1. The van der Waals surface area contributed by atoms with Crippen LogP contribution in [0.25, 0.3) is 11.1 Å². The lowest BCUT2D eigenvalue weighted by Crippen LogP contribution is -2.51. The number of halogens is 1. The molecule has 3 heterocycles. The molecule has 0 radical (unpaired) electrons. The minimum Gasteiger partial charge on any atom is -0.487 e. The van der Waals surface area contributed by atoms with Gasteiger partial charge in [-0.3, -0.25) is 9.69 Å². The lowest BCUT2D eigenvalue weighted by Gasteiger charge is -2.43. The van der Waals surface area contributed by atoms with Crippen molar-refractivity contribution in [1.82, 2.24) is 14.9 Å². The van der Waals surface area contributed by atoms with E-state index >= 15 is 0 Å². The summed E-state index contributed by atoms with van der Waals surface area (Å²) in [4.78, 5) is 27.7. The van der Waals surface area contributed by atoms with E-state index in [0.717, 1.165) is 16.7 Å². The van der Waals surface area contributed by atoms with E-state index in [1.165, 1.54) is 23.4 Å². The summed E-state index contributed by atoms with van der Waals surface area (Å²) in [5.74, 6) is 0.178. The van der Waals surface area contributed by atoms with Gasteiger partial charge in [0, 0.05) is 43.4 Å². The van der Waals surface area contributed by atoms with Crippen molar-refractivity contribution >= 4 is 11.9 Å². The van der Waals surface area contributed by atoms with Crippen LogP contribution in [0.4, 0.5) is 4.39 Å². The maximum atomic E-state index is 13.8. The lowest BCUT2D eigenvalue weighted by atomic mass is 9.74. The summed E-state index contributed by atoms with van der Waals surface area (Å²) in [7, 11) is 1.61. The molecule has 7 nitrogen and oxygen atoms in total. The molecule has 5 rings (SSSR count). The Hall–Kier alpha value is -3.81. The number of aliphatic imine (C=N–C) groups is 1. The monoisotopic (exact) mass is 431 g/mol. The molecule has 8 heteroatoms. The second-order valence-corrected chi connectivity index (χ2v) is 8.57. The molecule has 2 aliphatic rings. The molecule has 3 aromatic rings. The number of nitrogens with two attached hydrogens (primary N) is 1. The summed E-state index contributed by atoms with van der Waals surface area (Å²) < 4.78 is 20.2. The Bertz CT molecular complexity index is 1250. The van der Waals surface area contributed by atoms with Crippen molar-refractivity contribution < 1.29 is 13.9 Å². The van der Waals surface area contributed by atoms with E-state index in [2.05, 4.69) is 15.0 Å². The van der Waals surface area contributed by atoms with E-state index in [1.54, 1.807) is 25.5 Å². The number of hydrogen-bond donors (Lipinski definition) is 1. The van der Waals surface area contributed by atoms with Crippen molar-refractivity contribution in [2.24, 2.45) is 10.7 Å². The number of guanidine groups is 1. The van der Waals surface area contributed by atoms with Gasteiger partial charge in [0.1, 0.15) is 23.5 Å². The number of carbonyl (C=O) groups excluding carboxylic acids is 1. The number of carbonyl (C=O) groups is 1. The maximum absolute atomic E-state index is 13.8. The third-order valence-corrected chi connectivity index (χ3v) is 6.08. The smallest absolute Gasteiger partial charge is 0.261 e. The first-order valence-electron chi connectivity index (χ1n) is 10.3. The van der Waals surface area contributed by atoms with Crippen LogP contribution in [-0.2, 0) is 16.8 Å². The number of rotatable bonds is 3. The molecule has 2 atom stereocenters. The van der Waals surface area contributed by atoms with Gasteiger partial charge in [-0.25, -0.2) is 19.4 Å². The number of aromatic nitrogens is 2. The Morgan fingerprint density at radius 3 is 2.62 bits per heavy atom. The van der Waals surface area contributed by atoms with E-state index in [9.17, 15) is 9.18 Å². The fraction of sp³-hybridized carbons (Fsp3) is 0.250. The third kappa shape index (κ3) is 3.19. The summed E-state index contributed by atoms with van der Waals surface area (Å²) in [6, 6.07) is 12.0. The van der Waals surface area contributed by atoms with Gasteiger partial charge < -0.3 is 10.5 Å². The zero-order valence-corrected chi connectivity index (χ0v) is 17.7. The van der Waals surface area contributed by atoms with E-state index in [0.29, 0.717) is 17.7 Å². The molecule has 0 saturated heterocycles. The zero-order chi connectivity index (χ0) is 22.5. The number of ether oxygens (including phenoxy) is 1. The van der Waals surface area contributed by atoms with Crippen LogP contribution in [-0.4, -0.2) is 39.4 Å². The number of benzene rings is 2. The van der Waals surface area contributed by atoms with Gasteiger partial charge in [-0.15, -0.1) is 0 Å². The molecule has 0 aliphatic carbocycles. The van der Waals surface area contributed by atoms with Gasteiger partial charge in [0.15, 0.2) is 11.5 Å². The van der Waals surface area contributed by atoms with Crippen LogP contribution < -0.4 is 10.5 Å². The summed E-state index contributed by atoms with van der Waals surface area (Å²) in [6.45, 7) is 1.92. The van der Waals surface area contributed by atoms with Gasteiger partial charge in [0.2, 0.25) is 0 Å². The van der Waals surface area contributed by atoms with Crippen molar-refractivity contribution in [2.75, 3.05) is 7.05 Å². The van der Waals surface area contributed by atoms with Crippen LogP contribution >= 0.6 is 0 Å². The SMILES string of the molecule is CN1C(=O)[C@]2(C[C@@](C)(Cc3cccc(F)c3)Oc3ccc(-c4cncnc4)cc32)N=C1N. The summed E-state index contributed by atoms with van der Waals surface area (Å²) in [5, 5.41) is 0. The molecule has 1 amide bonds. The van der Waals surface area contributed by atoms with Crippen LogP contribution in [0.3, 0.4) is 0 Å². The molecule has 0 fully saturated rings. The van der Waals surface area contributed by atoms with Gasteiger partial charge in [-0.2, -0.15) is 0 Å². The maximum Gasteiger partial charge on any atom is 0.261 e. The first-order valence-corrected chi connectivity index (χ1v) is 10.3. The molecule has 1 aromatic heterocycles. The van der Waals surface area contributed by atoms with Gasteiger partial charge in [-0.1, -0.05) is 18.2 Å². The highest BCUT2D eigenvalue weighted by molar-refractivity contribution is 6.07. The van der Waals surface area contributed by atoms with E-state index < -0.39 is 11.1 Å². The van der Waals surface area contributed by atoms with Crippen molar-refractivity contribution in [1.29, 1.82) is 0 Å². The van der Waals surface area contributed by atoms with E-state index in [4.69, 9.17) is 10.5 Å². The summed E-state index contributed by atoms with van der Waals surface area (Å²) >= 11 is 0. The Kier molecular flexibility index (Phi) is 4.47. The van der Waals surface area contributed by atoms with Crippen molar-refractivity contribution in [3.8, 4) is 16.9 Å². The molecule has 0 bridgehead atoms. The third-order valence-electron chi connectivity index (χ3n) is 6.08. The highest BCUT2D eigenvalue weighted by Crippen LogP contribution is 2.50. The standard InChI is InChI=1S/C24H22FN5O2/c1-23(10-15-4-3-5-18(25)8-15)13-24(21(31)30(2)22(26)29-24)19-9-16(6-7-20(19)32-23)17-11-27-14-28-12-17/h3-9,11-12,14H,10,13H2,1-2H3,(H2,26,29)/t23-,24-/m1/s1. The minimum absolute atomic E-state index is 0.157. The van der Waals surface area contributed by atoms with E-state index in [-0.39, 0.29) is 24.1 Å². The Morgan fingerprint density at radius 1 is 1.16 bits per heavy atom. The summed E-state index contributed by atoms with van der Waals surface area (Å²) in [6.07, 6.45) is 5.55. The quantitative estimate of drug-likeness (QED) is 0.688. The van der Waals surface area contributed by atoms with Gasteiger partial charge in [-0.05, 0) is 42.3 Å². The lowest BCUT2D eigenvalue weighted by molar-refractivity contribution is -0.133. The van der Waals surface area contributed by atoms with Crippen molar-refractivity contribution in [3.63, 3.8) is 0 Å². The number of amides is 1. The second-order valence-electron chi connectivity index (χ2n) is 8.57. The summed E-state index contributed by atoms with van der Waals surface area (Å²) in [5.41, 5.74) is 7.14. The minimum atomic E-state index is -1.22.